The zero-order valence-electron chi connectivity index (χ0n) is 14.8. The fraction of sp³-hybridized carbons (Fsp3) is 0.562. The van der Waals surface area contributed by atoms with Gasteiger partial charge >= 0.3 is 0 Å². The maximum atomic E-state index is 13.0. The van der Waals surface area contributed by atoms with Crippen LogP contribution < -0.4 is 5.32 Å². The van der Waals surface area contributed by atoms with Crippen molar-refractivity contribution in [3.8, 4) is 11.4 Å². The van der Waals surface area contributed by atoms with Gasteiger partial charge in [-0.2, -0.15) is 9.29 Å². The van der Waals surface area contributed by atoms with Crippen molar-refractivity contribution in [3.05, 3.63) is 17.3 Å². The molecular formula is C16H22N4O4S2. The molecule has 0 unspecified atom stereocenters. The molecule has 0 radical (unpaired) electrons. The van der Waals surface area contributed by atoms with Crippen LogP contribution >= 0.6 is 11.3 Å². The standard InChI is InChI=1S/C16H22N4O4S2/c1-3-6-17-16(21)12-5-4-7-20(9-12)26(22,23)14-8-13(10-25-14)15-18-11(2)24-19-15/h8,10,12H,3-7,9H2,1-2H3,(H,17,21)/t12-/m0/s1. The van der Waals surface area contributed by atoms with Gasteiger partial charge in [-0.25, -0.2) is 8.42 Å². The summed E-state index contributed by atoms with van der Waals surface area (Å²) in [4.78, 5) is 16.3. The van der Waals surface area contributed by atoms with Crippen LogP contribution in [0.3, 0.4) is 0 Å². The number of aromatic nitrogens is 2. The Morgan fingerprint density at radius 2 is 2.31 bits per heavy atom. The molecule has 0 aliphatic carbocycles. The molecule has 3 rings (SSSR count). The van der Waals surface area contributed by atoms with E-state index in [1.165, 1.54) is 4.31 Å². The first kappa shape index (κ1) is 19.0. The van der Waals surface area contributed by atoms with E-state index >= 15 is 0 Å². The largest absolute Gasteiger partial charge is 0.356 e. The average Bonchev–Trinajstić information content (AvgIpc) is 3.29. The van der Waals surface area contributed by atoms with Gasteiger partial charge in [-0.15, -0.1) is 11.3 Å². The molecule has 8 nitrogen and oxygen atoms in total. The van der Waals surface area contributed by atoms with Crippen molar-refractivity contribution < 1.29 is 17.7 Å². The highest BCUT2D eigenvalue weighted by atomic mass is 32.2. The van der Waals surface area contributed by atoms with Crippen LogP contribution in [0, 0.1) is 12.8 Å². The lowest BCUT2D eigenvalue weighted by Crippen LogP contribution is -2.45. The molecule has 1 atom stereocenters. The summed E-state index contributed by atoms with van der Waals surface area (Å²) in [6.07, 6.45) is 2.24. The van der Waals surface area contributed by atoms with Gasteiger partial charge < -0.3 is 9.84 Å². The Balaban J connectivity index is 1.75. The Bertz CT molecular complexity index is 874. The van der Waals surface area contributed by atoms with Crippen LogP contribution in [0.5, 0.6) is 0 Å². The van der Waals surface area contributed by atoms with Crippen molar-refractivity contribution in [2.24, 2.45) is 5.92 Å². The van der Waals surface area contributed by atoms with E-state index in [1.807, 2.05) is 6.92 Å². The van der Waals surface area contributed by atoms with Crippen molar-refractivity contribution in [3.63, 3.8) is 0 Å². The van der Waals surface area contributed by atoms with Gasteiger partial charge in [0.1, 0.15) is 4.21 Å². The van der Waals surface area contributed by atoms with Crippen LogP contribution in [0.25, 0.3) is 11.4 Å². The Kier molecular flexibility index (Phi) is 5.73. The Morgan fingerprint density at radius 3 is 3.00 bits per heavy atom. The summed E-state index contributed by atoms with van der Waals surface area (Å²) in [6.45, 7) is 4.91. The maximum Gasteiger partial charge on any atom is 0.252 e. The number of rotatable bonds is 6. The lowest BCUT2D eigenvalue weighted by molar-refractivity contribution is -0.126. The van der Waals surface area contributed by atoms with Gasteiger partial charge in [-0.05, 0) is 25.3 Å². The molecule has 1 aliphatic rings. The molecule has 0 aromatic carbocycles. The van der Waals surface area contributed by atoms with Crippen LogP contribution in [-0.4, -0.2) is 48.4 Å². The third kappa shape index (κ3) is 3.97. The molecule has 0 bridgehead atoms. The molecular weight excluding hydrogens is 376 g/mol. The SMILES string of the molecule is CCCNC(=O)[C@H]1CCCN(S(=O)(=O)c2cc(-c3noc(C)n3)cs2)C1. The zero-order valence-corrected chi connectivity index (χ0v) is 16.4. The number of aryl methyl sites for hydroxylation is 1. The number of nitrogens with zero attached hydrogens (tertiary/aromatic N) is 3. The Hall–Kier alpha value is -1.78. The van der Waals surface area contributed by atoms with E-state index in [4.69, 9.17) is 4.52 Å². The number of hydrogen-bond acceptors (Lipinski definition) is 7. The minimum absolute atomic E-state index is 0.0686. The highest BCUT2D eigenvalue weighted by molar-refractivity contribution is 7.91. The molecule has 142 valence electrons. The van der Waals surface area contributed by atoms with Gasteiger partial charge in [0, 0.05) is 37.5 Å². The number of carbonyl (C=O) groups is 1. The third-order valence-corrected chi connectivity index (χ3v) is 7.54. The van der Waals surface area contributed by atoms with E-state index in [1.54, 1.807) is 18.4 Å². The number of piperidine rings is 1. The number of amides is 1. The van der Waals surface area contributed by atoms with Crippen LogP contribution in [-0.2, 0) is 14.8 Å². The van der Waals surface area contributed by atoms with E-state index in [-0.39, 0.29) is 22.6 Å². The topological polar surface area (TPSA) is 105 Å². The van der Waals surface area contributed by atoms with E-state index in [2.05, 4.69) is 15.5 Å². The highest BCUT2D eigenvalue weighted by Gasteiger charge is 2.34. The zero-order chi connectivity index (χ0) is 18.7. The highest BCUT2D eigenvalue weighted by Crippen LogP contribution is 2.31. The molecule has 1 saturated heterocycles. The van der Waals surface area contributed by atoms with Crippen molar-refractivity contribution in [1.29, 1.82) is 0 Å². The molecule has 3 heterocycles. The number of hydrogen-bond donors (Lipinski definition) is 1. The second kappa shape index (κ2) is 7.85. The van der Waals surface area contributed by atoms with Gasteiger partial charge in [-0.3, -0.25) is 4.79 Å². The summed E-state index contributed by atoms with van der Waals surface area (Å²) in [6, 6.07) is 1.56. The van der Waals surface area contributed by atoms with E-state index in [0.717, 1.165) is 17.8 Å². The summed E-state index contributed by atoms with van der Waals surface area (Å²) >= 11 is 1.13. The second-order valence-corrected chi connectivity index (χ2v) is 9.36. The Labute approximate surface area is 156 Å². The fourth-order valence-electron chi connectivity index (χ4n) is 2.88. The average molecular weight is 399 g/mol. The molecule has 1 fully saturated rings. The van der Waals surface area contributed by atoms with Crippen molar-refractivity contribution >= 4 is 27.3 Å². The second-order valence-electron chi connectivity index (χ2n) is 6.28. The molecule has 0 spiro atoms. The lowest BCUT2D eigenvalue weighted by Gasteiger charge is -2.30. The van der Waals surface area contributed by atoms with E-state index < -0.39 is 10.0 Å². The van der Waals surface area contributed by atoms with Crippen molar-refractivity contribution in [1.82, 2.24) is 19.8 Å². The normalized spacial score (nSPS) is 18.8. The predicted octanol–water partition coefficient (Wildman–Crippen LogP) is 2.03. The van der Waals surface area contributed by atoms with Crippen LogP contribution in [0.1, 0.15) is 32.1 Å². The monoisotopic (exact) mass is 398 g/mol. The first-order chi connectivity index (χ1) is 12.4. The smallest absolute Gasteiger partial charge is 0.252 e. The molecule has 1 aliphatic heterocycles. The third-order valence-electron chi connectivity index (χ3n) is 4.26. The quantitative estimate of drug-likeness (QED) is 0.798. The fourth-order valence-corrected chi connectivity index (χ4v) is 5.71. The van der Waals surface area contributed by atoms with Crippen LogP contribution in [0.15, 0.2) is 20.2 Å². The Morgan fingerprint density at radius 1 is 1.50 bits per heavy atom. The van der Waals surface area contributed by atoms with Crippen molar-refractivity contribution in [2.45, 2.75) is 37.3 Å². The summed E-state index contributed by atoms with van der Waals surface area (Å²) < 4.78 is 32.5. The van der Waals surface area contributed by atoms with E-state index in [9.17, 15) is 13.2 Å². The summed E-state index contributed by atoms with van der Waals surface area (Å²) in [5, 5.41) is 8.37. The minimum Gasteiger partial charge on any atom is -0.356 e. The minimum atomic E-state index is -3.64. The van der Waals surface area contributed by atoms with Gasteiger partial charge in [-0.1, -0.05) is 12.1 Å². The first-order valence-electron chi connectivity index (χ1n) is 8.59. The van der Waals surface area contributed by atoms with E-state index in [0.29, 0.717) is 43.2 Å². The maximum absolute atomic E-state index is 13.0. The first-order valence-corrected chi connectivity index (χ1v) is 10.9. The number of sulfonamides is 1. The predicted molar refractivity (Wildman–Crippen MR) is 97.1 cm³/mol. The molecule has 2 aromatic heterocycles. The number of carbonyl (C=O) groups excluding carboxylic acids is 1. The molecule has 0 saturated carbocycles. The molecule has 10 heteroatoms. The lowest BCUT2D eigenvalue weighted by atomic mass is 9.99. The van der Waals surface area contributed by atoms with Gasteiger partial charge in [0.15, 0.2) is 0 Å². The number of thiophene rings is 1. The van der Waals surface area contributed by atoms with Crippen LogP contribution in [0.4, 0.5) is 0 Å². The summed E-state index contributed by atoms with van der Waals surface area (Å²) in [5.41, 5.74) is 0.611. The molecule has 1 N–H and O–H groups in total. The van der Waals surface area contributed by atoms with Gasteiger partial charge in [0.25, 0.3) is 10.0 Å². The molecule has 2 aromatic rings. The molecule has 1 amide bonds. The summed E-state index contributed by atoms with van der Waals surface area (Å²) in [7, 11) is -3.64. The number of nitrogens with one attached hydrogen (secondary N) is 1. The van der Waals surface area contributed by atoms with Gasteiger partial charge in [0.05, 0.1) is 5.92 Å². The van der Waals surface area contributed by atoms with Crippen molar-refractivity contribution in [2.75, 3.05) is 19.6 Å². The molecule has 26 heavy (non-hydrogen) atoms. The van der Waals surface area contributed by atoms with Gasteiger partial charge in [0.2, 0.25) is 17.6 Å². The van der Waals surface area contributed by atoms with Crippen LogP contribution in [0.2, 0.25) is 0 Å². The summed E-state index contributed by atoms with van der Waals surface area (Å²) in [5.74, 6) is 0.425.